The number of carbonyl (C=O) groups is 1. The van der Waals surface area contributed by atoms with Gasteiger partial charge in [-0.15, -0.1) is 0 Å². The second-order valence-corrected chi connectivity index (χ2v) is 6.28. The highest BCUT2D eigenvalue weighted by molar-refractivity contribution is 5.92. The third kappa shape index (κ3) is 3.94. The number of rotatable bonds is 5. The summed E-state index contributed by atoms with van der Waals surface area (Å²) in [4.78, 5) is 12.1. The highest BCUT2D eigenvalue weighted by Gasteiger charge is 2.13. The lowest BCUT2D eigenvalue weighted by Crippen LogP contribution is -2.03. The van der Waals surface area contributed by atoms with E-state index >= 15 is 0 Å². The molecule has 26 heavy (non-hydrogen) atoms. The molecule has 0 aliphatic heterocycles. The number of aryl methyl sites for hydroxylation is 2. The van der Waals surface area contributed by atoms with E-state index in [1.165, 1.54) is 7.11 Å². The monoisotopic (exact) mass is 346 g/mol. The molecule has 0 radical (unpaired) electrons. The van der Waals surface area contributed by atoms with Crippen molar-refractivity contribution in [1.82, 2.24) is 0 Å². The number of hydrogen-bond donors (Lipinski definition) is 0. The lowest BCUT2D eigenvalue weighted by molar-refractivity contribution is 0.0600. The van der Waals surface area contributed by atoms with Crippen LogP contribution in [0.5, 0.6) is 5.75 Å². The van der Waals surface area contributed by atoms with Crippen LogP contribution in [0.1, 0.15) is 27.0 Å². The first kappa shape index (κ1) is 17.7. The molecule has 0 amide bonds. The molecule has 3 heteroatoms. The summed E-state index contributed by atoms with van der Waals surface area (Å²) in [5.74, 6) is 0.275. The zero-order chi connectivity index (χ0) is 18.5. The van der Waals surface area contributed by atoms with E-state index in [1.54, 1.807) is 6.07 Å². The van der Waals surface area contributed by atoms with Crippen molar-refractivity contribution in [3.63, 3.8) is 0 Å². The van der Waals surface area contributed by atoms with E-state index in [-0.39, 0.29) is 5.97 Å². The number of esters is 1. The molecule has 3 nitrogen and oxygen atoms in total. The van der Waals surface area contributed by atoms with E-state index in [2.05, 4.69) is 26.0 Å². The van der Waals surface area contributed by atoms with E-state index in [0.717, 1.165) is 27.8 Å². The predicted octanol–water partition coefficient (Wildman–Crippen LogP) is 5.34. The Bertz CT molecular complexity index is 894. The van der Waals surface area contributed by atoms with E-state index in [9.17, 15) is 4.79 Å². The number of ether oxygens (including phenoxy) is 2. The second kappa shape index (κ2) is 7.87. The van der Waals surface area contributed by atoms with Crippen molar-refractivity contribution >= 4 is 5.97 Å². The maximum atomic E-state index is 12.1. The Kier molecular flexibility index (Phi) is 5.37. The van der Waals surface area contributed by atoms with Gasteiger partial charge < -0.3 is 9.47 Å². The predicted molar refractivity (Wildman–Crippen MR) is 103 cm³/mol. The quantitative estimate of drug-likeness (QED) is 0.585. The van der Waals surface area contributed by atoms with Crippen molar-refractivity contribution in [2.75, 3.05) is 7.11 Å². The summed E-state index contributed by atoms with van der Waals surface area (Å²) in [7, 11) is 1.39. The van der Waals surface area contributed by atoms with Crippen LogP contribution < -0.4 is 4.74 Å². The van der Waals surface area contributed by atoms with Gasteiger partial charge in [0.15, 0.2) is 0 Å². The molecule has 0 bridgehead atoms. The topological polar surface area (TPSA) is 35.5 Å². The highest BCUT2D eigenvalue weighted by Crippen LogP contribution is 2.31. The molecule has 0 N–H and O–H groups in total. The normalized spacial score (nSPS) is 10.4. The Morgan fingerprint density at radius 2 is 1.58 bits per heavy atom. The summed E-state index contributed by atoms with van der Waals surface area (Å²) in [5.41, 5.74) is 5.93. The van der Waals surface area contributed by atoms with Gasteiger partial charge in [0, 0.05) is 0 Å². The summed E-state index contributed by atoms with van der Waals surface area (Å²) in [6, 6.07) is 21.7. The molecule has 0 saturated carbocycles. The highest BCUT2D eigenvalue weighted by atomic mass is 16.5. The van der Waals surface area contributed by atoms with Crippen LogP contribution in [-0.4, -0.2) is 13.1 Å². The molecule has 0 saturated heterocycles. The fourth-order valence-electron chi connectivity index (χ4n) is 3.07. The minimum absolute atomic E-state index is 0.373. The SMILES string of the molecule is COC(=O)c1cc(OCc2ccccc2)cc(-c2c(C)cccc2C)c1. The van der Waals surface area contributed by atoms with E-state index in [1.807, 2.05) is 48.5 Å². The molecule has 3 aromatic carbocycles. The molecule has 0 unspecified atom stereocenters. The summed E-state index contributed by atoms with van der Waals surface area (Å²) >= 11 is 0. The van der Waals surface area contributed by atoms with Gasteiger partial charge in [-0.2, -0.15) is 0 Å². The first-order chi connectivity index (χ1) is 12.6. The first-order valence-electron chi connectivity index (χ1n) is 8.55. The molecule has 0 aromatic heterocycles. The van der Waals surface area contributed by atoms with Crippen LogP contribution in [0.2, 0.25) is 0 Å². The fourth-order valence-corrected chi connectivity index (χ4v) is 3.07. The molecule has 0 heterocycles. The molecule has 0 spiro atoms. The van der Waals surface area contributed by atoms with Gasteiger partial charge >= 0.3 is 5.97 Å². The van der Waals surface area contributed by atoms with Gasteiger partial charge in [0.2, 0.25) is 0 Å². The Hall–Kier alpha value is -3.07. The fraction of sp³-hybridized carbons (Fsp3) is 0.174. The molecular weight excluding hydrogens is 324 g/mol. The lowest BCUT2D eigenvalue weighted by atomic mass is 9.94. The summed E-state index contributed by atoms with van der Waals surface area (Å²) in [6.45, 7) is 4.58. The molecule has 0 fully saturated rings. The van der Waals surface area contributed by atoms with Crippen LogP contribution in [0.25, 0.3) is 11.1 Å². The average molecular weight is 346 g/mol. The maximum absolute atomic E-state index is 12.1. The first-order valence-corrected chi connectivity index (χ1v) is 8.55. The van der Waals surface area contributed by atoms with Gasteiger partial charge in [-0.3, -0.25) is 0 Å². The second-order valence-electron chi connectivity index (χ2n) is 6.28. The molecule has 3 rings (SSSR count). The molecule has 3 aromatic rings. The number of hydrogen-bond acceptors (Lipinski definition) is 3. The van der Waals surface area contributed by atoms with Crippen molar-refractivity contribution in [2.24, 2.45) is 0 Å². The van der Waals surface area contributed by atoms with Crippen LogP contribution in [0, 0.1) is 13.8 Å². The van der Waals surface area contributed by atoms with E-state index < -0.39 is 0 Å². The van der Waals surface area contributed by atoms with Crippen LogP contribution in [-0.2, 0) is 11.3 Å². The minimum atomic E-state index is -0.373. The van der Waals surface area contributed by atoms with Crippen LogP contribution in [0.4, 0.5) is 0 Å². The maximum Gasteiger partial charge on any atom is 0.338 e. The van der Waals surface area contributed by atoms with Crippen molar-refractivity contribution in [3.8, 4) is 16.9 Å². The Morgan fingerprint density at radius 1 is 0.885 bits per heavy atom. The van der Waals surface area contributed by atoms with Gasteiger partial charge in [-0.05, 0) is 59.9 Å². The zero-order valence-corrected chi connectivity index (χ0v) is 15.3. The van der Waals surface area contributed by atoms with E-state index in [0.29, 0.717) is 17.9 Å². The van der Waals surface area contributed by atoms with E-state index in [4.69, 9.17) is 9.47 Å². The Labute approximate surface area is 154 Å². The summed E-state index contributed by atoms with van der Waals surface area (Å²) < 4.78 is 10.9. The van der Waals surface area contributed by atoms with Gasteiger partial charge in [-0.25, -0.2) is 4.79 Å². The third-order valence-electron chi connectivity index (χ3n) is 4.35. The summed E-state index contributed by atoms with van der Waals surface area (Å²) in [5, 5.41) is 0. The molecule has 0 aliphatic carbocycles. The van der Waals surface area contributed by atoms with Crippen LogP contribution >= 0.6 is 0 Å². The number of methoxy groups -OCH3 is 1. The van der Waals surface area contributed by atoms with Crippen molar-refractivity contribution < 1.29 is 14.3 Å². The smallest absolute Gasteiger partial charge is 0.338 e. The largest absolute Gasteiger partial charge is 0.489 e. The zero-order valence-electron chi connectivity index (χ0n) is 15.3. The lowest BCUT2D eigenvalue weighted by Gasteiger charge is -2.14. The summed E-state index contributed by atoms with van der Waals surface area (Å²) in [6.07, 6.45) is 0. The Balaban J connectivity index is 2.00. The number of benzene rings is 3. The minimum Gasteiger partial charge on any atom is -0.489 e. The van der Waals surface area contributed by atoms with Crippen molar-refractivity contribution in [3.05, 3.63) is 89.0 Å². The van der Waals surface area contributed by atoms with Crippen LogP contribution in [0.15, 0.2) is 66.7 Å². The molecule has 0 atom stereocenters. The van der Waals surface area contributed by atoms with Gasteiger partial charge in [0.05, 0.1) is 12.7 Å². The molecule has 0 aliphatic rings. The van der Waals surface area contributed by atoms with Gasteiger partial charge in [0.1, 0.15) is 12.4 Å². The third-order valence-corrected chi connectivity index (χ3v) is 4.35. The molecular formula is C23H22O3. The van der Waals surface area contributed by atoms with Crippen molar-refractivity contribution in [2.45, 2.75) is 20.5 Å². The van der Waals surface area contributed by atoms with Gasteiger partial charge in [0.25, 0.3) is 0 Å². The van der Waals surface area contributed by atoms with Crippen LogP contribution in [0.3, 0.4) is 0 Å². The molecule has 132 valence electrons. The van der Waals surface area contributed by atoms with Gasteiger partial charge in [-0.1, -0.05) is 48.5 Å². The Morgan fingerprint density at radius 3 is 2.23 bits per heavy atom. The van der Waals surface area contributed by atoms with Crippen molar-refractivity contribution in [1.29, 1.82) is 0 Å². The number of carbonyl (C=O) groups excluding carboxylic acids is 1. The standard InChI is InChI=1S/C23H22O3/c1-16-8-7-9-17(2)22(16)19-12-20(23(24)25-3)14-21(13-19)26-15-18-10-5-4-6-11-18/h4-14H,15H2,1-3H3. The average Bonchev–Trinajstić information content (AvgIpc) is 2.66.